The molecule has 2 fully saturated rings. The maximum absolute atomic E-state index is 14.5. The van der Waals surface area contributed by atoms with E-state index in [1.54, 1.807) is 11.8 Å². The van der Waals surface area contributed by atoms with Crippen LogP contribution in [0.5, 0.6) is 0 Å². The summed E-state index contributed by atoms with van der Waals surface area (Å²) in [6.45, 7) is 2.64. The van der Waals surface area contributed by atoms with Crippen LogP contribution in [0.25, 0.3) is 0 Å². The average Bonchev–Trinajstić information content (AvgIpc) is 3.15. The second-order valence-corrected chi connectivity index (χ2v) is 9.88. The molecule has 1 N–H and O–H groups in total. The second-order valence-electron chi connectivity index (χ2n) is 9.88. The maximum atomic E-state index is 14.5. The Hall–Kier alpha value is -1.84. The molecule has 3 atom stereocenters. The molecule has 1 aromatic rings. The number of fused-ring (bicyclic) bond motifs is 3. The van der Waals surface area contributed by atoms with Gasteiger partial charge in [-0.3, -0.25) is 4.79 Å². The van der Waals surface area contributed by atoms with Crippen molar-refractivity contribution >= 4 is 5.91 Å². The predicted octanol–water partition coefficient (Wildman–Crippen LogP) is 5.41. The molecule has 0 spiro atoms. The number of nitrogens with zero attached hydrogens (tertiary/aromatic N) is 1. The third-order valence-corrected chi connectivity index (χ3v) is 7.76. The van der Waals surface area contributed by atoms with Gasteiger partial charge in [0.05, 0.1) is 5.60 Å². The summed E-state index contributed by atoms with van der Waals surface area (Å²) in [6.07, 6.45) is -9.50. The van der Waals surface area contributed by atoms with Gasteiger partial charge in [-0.25, -0.2) is 4.39 Å². The lowest BCUT2D eigenvalue weighted by Crippen LogP contribution is -2.50. The molecule has 3 nitrogen and oxygen atoms in total. The first-order valence-corrected chi connectivity index (χ1v) is 11.1. The number of likely N-dealkylation sites (tertiary alicyclic amines) is 1. The monoisotopic (exact) mass is 481 g/mol. The number of aliphatic hydroxyl groups is 1. The Morgan fingerprint density at radius 3 is 2.18 bits per heavy atom. The summed E-state index contributed by atoms with van der Waals surface area (Å²) in [4.78, 5) is 14.9. The van der Waals surface area contributed by atoms with Crippen LogP contribution in [-0.2, 0) is 16.9 Å². The number of amides is 1. The number of halogens is 7. The van der Waals surface area contributed by atoms with E-state index in [0.29, 0.717) is 62.9 Å². The molecule has 1 amide bonds. The Morgan fingerprint density at radius 1 is 1.00 bits per heavy atom. The Labute approximate surface area is 186 Å². The van der Waals surface area contributed by atoms with Gasteiger partial charge in [0.1, 0.15) is 0 Å². The topological polar surface area (TPSA) is 40.5 Å². The number of carbonyl (C=O) groups is 1. The molecule has 0 radical (unpaired) electrons. The summed E-state index contributed by atoms with van der Waals surface area (Å²) in [5, 5.41) is 10.1. The molecule has 33 heavy (non-hydrogen) atoms. The Kier molecular flexibility index (Phi) is 5.78. The first-order chi connectivity index (χ1) is 15.2. The fourth-order valence-electron chi connectivity index (χ4n) is 5.81. The Balaban J connectivity index is 1.56. The van der Waals surface area contributed by atoms with Gasteiger partial charge in [-0.2, -0.15) is 26.3 Å². The van der Waals surface area contributed by atoms with E-state index in [9.17, 15) is 40.6 Å². The van der Waals surface area contributed by atoms with Gasteiger partial charge < -0.3 is 10.0 Å². The number of benzene rings is 1. The smallest absolute Gasteiger partial charge is 0.390 e. The van der Waals surface area contributed by atoms with Crippen molar-refractivity contribution in [1.29, 1.82) is 0 Å². The number of rotatable bonds is 2. The van der Waals surface area contributed by atoms with E-state index in [-0.39, 0.29) is 35.6 Å². The minimum Gasteiger partial charge on any atom is -0.390 e. The minimum atomic E-state index is -6.14. The molecular formula is C23H26F7NO2. The van der Waals surface area contributed by atoms with Crippen LogP contribution in [0, 0.1) is 11.8 Å². The molecule has 3 aliphatic rings. The van der Waals surface area contributed by atoms with Crippen molar-refractivity contribution in [3.05, 3.63) is 34.9 Å². The zero-order valence-corrected chi connectivity index (χ0v) is 18.1. The molecule has 10 heteroatoms. The van der Waals surface area contributed by atoms with Gasteiger partial charge in [-0.05, 0) is 68.4 Å². The third-order valence-electron chi connectivity index (χ3n) is 7.76. The van der Waals surface area contributed by atoms with Gasteiger partial charge in [0.25, 0.3) is 0 Å². The summed E-state index contributed by atoms with van der Waals surface area (Å²) in [5.41, 5.74) is -6.79. The number of carbonyl (C=O) groups excluding carboxylic acids is 1. The number of hydrogen-bond acceptors (Lipinski definition) is 2. The lowest BCUT2D eigenvalue weighted by molar-refractivity contribution is -0.348. The SMILES string of the molecule is CC1(O)CCN(C(=O)[C@@H]2CCC3c4ccc(C(F)(C(F)(F)F)C(F)(F)F)cc4CCC32)CC1. The van der Waals surface area contributed by atoms with Crippen molar-refractivity contribution in [2.45, 2.75) is 75.0 Å². The van der Waals surface area contributed by atoms with E-state index in [4.69, 9.17) is 0 Å². The van der Waals surface area contributed by atoms with E-state index in [2.05, 4.69) is 0 Å². The van der Waals surface area contributed by atoms with Crippen LogP contribution < -0.4 is 0 Å². The van der Waals surface area contributed by atoms with Gasteiger partial charge >= 0.3 is 18.0 Å². The molecule has 1 heterocycles. The Bertz CT molecular complexity index is 900. The molecule has 1 saturated heterocycles. The normalized spacial score (nSPS) is 27.8. The van der Waals surface area contributed by atoms with Crippen LogP contribution in [0.1, 0.15) is 61.6 Å². The number of alkyl halides is 7. The van der Waals surface area contributed by atoms with E-state index in [1.807, 2.05) is 0 Å². The molecule has 2 aliphatic carbocycles. The average molecular weight is 481 g/mol. The maximum Gasteiger partial charge on any atom is 0.435 e. The molecular weight excluding hydrogens is 455 g/mol. The van der Waals surface area contributed by atoms with Gasteiger partial charge in [0.15, 0.2) is 0 Å². The number of hydrogen-bond donors (Lipinski definition) is 1. The van der Waals surface area contributed by atoms with Crippen LogP contribution in [0.2, 0.25) is 0 Å². The van der Waals surface area contributed by atoms with Crippen molar-refractivity contribution < 1.29 is 40.6 Å². The van der Waals surface area contributed by atoms with Gasteiger partial charge in [-0.15, -0.1) is 0 Å². The van der Waals surface area contributed by atoms with E-state index in [0.717, 1.165) is 0 Å². The standard InChI is InChI=1S/C23H26F7NO2/c1-20(33)8-10-31(11-9-20)19(32)18-7-6-16-15-5-3-14(12-13(15)2-4-17(16)18)21(24,22(25,26)27)23(28,29)30/h3,5,12,16-18,33H,2,4,6-11H2,1H3/t16?,17?,18-/m1/s1. The summed E-state index contributed by atoms with van der Waals surface area (Å²) < 4.78 is 93.4. The quantitative estimate of drug-likeness (QED) is 0.575. The summed E-state index contributed by atoms with van der Waals surface area (Å²) in [7, 11) is 0. The van der Waals surface area contributed by atoms with Crippen LogP contribution in [-0.4, -0.2) is 47.0 Å². The summed E-state index contributed by atoms with van der Waals surface area (Å²) >= 11 is 0. The molecule has 184 valence electrons. The molecule has 4 rings (SSSR count). The van der Waals surface area contributed by atoms with Crippen molar-refractivity contribution in [3.8, 4) is 0 Å². The van der Waals surface area contributed by atoms with Crippen molar-refractivity contribution in [3.63, 3.8) is 0 Å². The third kappa shape index (κ3) is 4.02. The van der Waals surface area contributed by atoms with Gasteiger partial charge in [-0.1, -0.05) is 18.2 Å². The summed E-state index contributed by atoms with van der Waals surface area (Å²) in [5.74, 6) is -0.486. The van der Waals surface area contributed by atoms with E-state index in [1.165, 1.54) is 6.07 Å². The molecule has 1 aliphatic heterocycles. The van der Waals surface area contributed by atoms with Crippen LogP contribution in [0.3, 0.4) is 0 Å². The summed E-state index contributed by atoms with van der Waals surface area (Å²) in [6, 6.07) is 2.47. The molecule has 1 aromatic carbocycles. The van der Waals surface area contributed by atoms with E-state index < -0.39 is 29.2 Å². The highest BCUT2D eigenvalue weighted by Crippen LogP contribution is 2.55. The van der Waals surface area contributed by atoms with Crippen molar-refractivity contribution in [2.24, 2.45) is 11.8 Å². The first kappa shape index (κ1) is 24.3. The highest BCUT2D eigenvalue weighted by Gasteiger charge is 2.73. The second kappa shape index (κ2) is 7.85. The molecule has 0 bridgehead atoms. The largest absolute Gasteiger partial charge is 0.435 e. The minimum absolute atomic E-state index is 0.00464. The van der Waals surface area contributed by atoms with Crippen LogP contribution in [0.15, 0.2) is 18.2 Å². The van der Waals surface area contributed by atoms with Crippen LogP contribution in [0.4, 0.5) is 30.7 Å². The zero-order chi connectivity index (χ0) is 24.4. The van der Waals surface area contributed by atoms with Crippen LogP contribution >= 0.6 is 0 Å². The molecule has 2 unspecified atom stereocenters. The lowest BCUT2D eigenvalue weighted by atomic mass is 9.73. The van der Waals surface area contributed by atoms with Crippen molar-refractivity contribution in [2.75, 3.05) is 13.1 Å². The molecule has 1 saturated carbocycles. The lowest BCUT2D eigenvalue weighted by Gasteiger charge is -2.39. The number of piperidine rings is 1. The highest BCUT2D eigenvalue weighted by molar-refractivity contribution is 5.80. The fourth-order valence-corrected chi connectivity index (χ4v) is 5.81. The van der Waals surface area contributed by atoms with Crippen molar-refractivity contribution in [1.82, 2.24) is 4.90 Å². The fraction of sp³-hybridized carbons (Fsp3) is 0.696. The van der Waals surface area contributed by atoms with E-state index >= 15 is 0 Å². The van der Waals surface area contributed by atoms with Gasteiger partial charge in [0, 0.05) is 24.6 Å². The first-order valence-electron chi connectivity index (χ1n) is 11.1. The molecule has 0 aromatic heterocycles. The van der Waals surface area contributed by atoms with Gasteiger partial charge in [0.2, 0.25) is 5.91 Å². The Morgan fingerprint density at radius 2 is 1.61 bits per heavy atom. The highest BCUT2D eigenvalue weighted by atomic mass is 19.4. The zero-order valence-electron chi connectivity index (χ0n) is 18.1. The number of aryl methyl sites for hydroxylation is 1. The predicted molar refractivity (Wildman–Crippen MR) is 105 cm³/mol.